The molecular weight excluding hydrogens is 338 g/mol. The van der Waals surface area contributed by atoms with Gasteiger partial charge in [0.25, 0.3) is 11.8 Å². The van der Waals surface area contributed by atoms with Gasteiger partial charge in [0, 0.05) is 28.4 Å². The molecule has 0 unspecified atom stereocenters. The summed E-state index contributed by atoms with van der Waals surface area (Å²) in [5, 5.41) is 0. The van der Waals surface area contributed by atoms with E-state index in [1.165, 1.54) is 17.5 Å². The molecule has 0 radical (unpaired) electrons. The number of hydrazine groups is 1. The highest BCUT2D eigenvalue weighted by molar-refractivity contribution is 7.17. The minimum Gasteiger partial charge on any atom is -0.488 e. The Balaban J connectivity index is 1.49. The van der Waals surface area contributed by atoms with Crippen molar-refractivity contribution in [1.29, 1.82) is 0 Å². The van der Waals surface area contributed by atoms with Crippen LogP contribution in [-0.2, 0) is 6.61 Å². The third kappa shape index (κ3) is 2.97. The summed E-state index contributed by atoms with van der Waals surface area (Å²) in [6.45, 7) is 0.429. The van der Waals surface area contributed by atoms with Crippen LogP contribution in [0.4, 0.5) is 0 Å². The van der Waals surface area contributed by atoms with Crippen LogP contribution in [0.2, 0.25) is 0 Å². The molecule has 2 N–H and O–H groups in total. The summed E-state index contributed by atoms with van der Waals surface area (Å²) in [4.78, 5) is 29.7. The van der Waals surface area contributed by atoms with E-state index in [1.54, 1.807) is 24.4 Å². The molecule has 6 nitrogen and oxygen atoms in total. The molecule has 1 aromatic carbocycles. The molecule has 3 aromatic rings. The van der Waals surface area contributed by atoms with E-state index in [9.17, 15) is 9.59 Å². The number of hydrogen-bond acceptors (Lipinski definition) is 5. The Morgan fingerprint density at radius 2 is 1.92 bits per heavy atom. The molecule has 2 amide bonds. The first-order valence-electron chi connectivity index (χ1n) is 7.58. The molecule has 0 atom stereocenters. The van der Waals surface area contributed by atoms with Crippen molar-refractivity contribution >= 4 is 23.2 Å². The first-order valence-corrected chi connectivity index (χ1v) is 8.39. The van der Waals surface area contributed by atoms with Gasteiger partial charge in [-0.05, 0) is 30.3 Å². The molecule has 0 fully saturated rings. The topological polar surface area (TPSA) is 80.3 Å². The highest BCUT2D eigenvalue weighted by atomic mass is 32.1. The first-order chi connectivity index (χ1) is 12.2. The predicted octanol–water partition coefficient (Wildman–Crippen LogP) is 2.78. The zero-order valence-corrected chi connectivity index (χ0v) is 13.8. The standard InChI is InChI=1S/C18H13N3O3S/c22-17(11-4-3-7-19-9-11)20-21-18(23)15-8-12-10-24-14-6-2-1-5-13(14)16(12)25-15/h1-9H,10H2,(H,20,22)(H,21,23). The number of para-hydroxylation sites is 1. The molecule has 0 spiro atoms. The Morgan fingerprint density at radius 1 is 1.08 bits per heavy atom. The molecule has 25 heavy (non-hydrogen) atoms. The van der Waals surface area contributed by atoms with Gasteiger partial charge in [-0.25, -0.2) is 0 Å². The highest BCUT2D eigenvalue weighted by Crippen LogP contribution is 2.42. The van der Waals surface area contributed by atoms with Crippen LogP contribution < -0.4 is 15.6 Å². The Bertz CT molecular complexity index is 953. The lowest BCUT2D eigenvalue weighted by Crippen LogP contribution is -2.41. The average molecular weight is 351 g/mol. The van der Waals surface area contributed by atoms with E-state index in [-0.39, 0.29) is 5.91 Å². The van der Waals surface area contributed by atoms with Gasteiger partial charge < -0.3 is 4.74 Å². The zero-order valence-electron chi connectivity index (χ0n) is 13.0. The molecule has 0 saturated carbocycles. The van der Waals surface area contributed by atoms with E-state index in [1.807, 2.05) is 24.3 Å². The maximum Gasteiger partial charge on any atom is 0.279 e. The fourth-order valence-electron chi connectivity index (χ4n) is 2.56. The van der Waals surface area contributed by atoms with E-state index in [0.29, 0.717) is 17.0 Å². The lowest BCUT2D eigenvalue weighted by atomic mass is 10.1. The van der Waals surface area contributed by atoms with Crippen LogP contribution in [0.15, 0.2) is 54.9 Å². The fourth-order valence-corrected chi connectivity index (χ4v) is 3.65. The third-order valence-corrected chi connectivity index (χ3v) is 4.97. The van der Waals surface area contributed by atoms with Gasteiger partial charge in [-0.2, -0.15) is 0 Å². The summed E-state index contributed by atoms with van der Waals surface area (Å²) < 4.78 is 5.70. The zero-order chi connectivity index (χ0) is 17.2. The molecule has 0 bridgehead atoms. The number of ether oxygens (including phenoxy) is 1. The number of amides is 2. The number of nitrogens with zero attached hydrogens (tertiary/aromatic N) is 1. The SMILES string of the molecule is O=C(NNC(=O)c1cc2c(s1)-c1ccccc1OC2)c1cccnc1. The first kappa shape index (κ1) is 15.3. The van der Waals surface area contributed by atoms with Gasteiger partial charge in [-0.15, -0.1) is 11.3 Å². The minimum atomic E-state index is -0.420. The van der Waals surface area contributed by atoms with Crippen LogP contribution in [0, 0.1) is 0 Å². The molecule has 2 aromatic heterocycles. The summed E-state index contributed by atoms with van der Waals surface area (Å²) >= 11 is 1.38. The number of hydrogen-bond donors (Lipinski definition) is 2. The number of pyridine rings is 1. The van der Waals surface area contributed by atoms with Gasteiger partial charge in [0.15, 0.2) is 0 Å². The number of benzene rings is 1. The van der Waals surface area contributed by atoms with Crippen molar-refractivity contribution in [3.8, 4) is 16.2 Å². The second-order valence-corrected chi connectivity index (χ2v) is 6.45. The molecular formula is C18H13N3O3S. The van der Waals surface area contributed by atoms with E-state index < -0.39 is 5.91 Å². The van der Waals surface area contributed by atoms with Crippen LogP contribution in [0.1, 0.15) is 25.6 Å². The largest absolute Gasteiger partial charge is 0.488 e. The number of rotatable bonds is 2. The van der Waals surface area contributed by atoms with E-state index in [4.69, 9.17) is 4.74 Å². The summed E-state index contributed by atoms with van der Waals surface area (Å²) in [6.07, 6.45) is 3.01. The Hall–Kier alpha value is -3.19. The van der Waals surface area contributed by atoms with Crippen molar-refractivity contribution in [2.45, 2.75) is 6.61 Å². The minimum absolute atomic E-state index is 0.367. The van der Waals surface area contributed by atoms with E-state index >= 15 is 0 Å². The number of thiophene rings is 1. The Morgan fingerprint density at radius 3 is 2.76 bits per heavy atom. The molecule has 0 saturated heterocycles. The number of aromatic nitrogens is 1. The van der Waals surface area contributed by atoms with Crippen molar-refractivity contribution in [2.24, 2.45) is 0 Å². The van der Waals surface area contributed by atoms with Gasteiger partial charge in [-0.3, -0.25) is 25.4 Å². The van der Waals surface area contributed by atoms with Gasteiger partial charge in [0.2, 0.25) is 0 Å². The van der Waals surface area contributed by atoms with Crippen LogP contribution >= 0.6 is 11.3 Å². The normalized spacial score (nSPS) is 11.7. The highest BCUT2D eigenvalue weighted by Gasteiger charge is 2.22. The molecule has 4 rings (SSSR count). The summed E-state index contributed by atoms with van der Waals surface area (Å²) in [5.41, 5.74) is 7.14. The van der Waals surface area contributed by atoms with Crippen LogP contribution in [-0.4, -0.2) is 16.8 Å². The molecule has 3 heterocycles. The number of fused-ring (bicyclic) bond motifs is 3. The molecule has 1 aliphatic heterocycles. The molecule has 124 valence electrons. The smallest absolute Gasteiger partial charge is 0.279 e. The number of carbonyl (C=O) groups excluding carboxylic acids is 2. The summed E-state index contributed by atoms with van der Waals surface area (Å²) in [5.74, 6) is 0.0271. The van der Waals surface area contributed by atoms with Crippen molar-refractivity contribution in [3.05, 3.63) is 70.9 Å². The van der Waals surface area contributed by atoms with Crippen LogP contribution in [0.25, 0.3) is 10.4 Å². The summed E-state index contributed by atoms with van der Waals surface area (Å²) in [7, 11) is 0. The lowest BCUT2D eigenvalue weighted by molar-refractivity contribution is 0.0848. The fraction of sp³-hybridized carbons (Fsp3) is 0.0556. The predicted molar refractivity (Wildman–Crippen MR) is 93.3 cm³/mol. The van der Waals surface area contributed by atoms with Crippen LogP contribution in [0.5, 0.6) is 5.75 Å². The van der Waals surface area contributed by atoms with Gasteiger partial charge in [0.1, 0.15) is 12.4 Å². The Kier molecular flexibility index (Phi) is 3.91. The van der Waals surface area contributed by atoms with Crippen LogP contribution in [0.3, 0.4) is 0 Å². The Labute approximate surface area is 147 Å². The van der Waals surface area contributed by atoms with E-state index in [0.717, 1.165) is 21.8 Å². The lowest BCUT2D eigenvalue weighted by Gasteiger charge is -2.16. The van der Waals surface area contributed by atoms with Crippen molar-refractivity contribution < 1.29 is 14.3 Å². The van der Waals surface area contributed by atoms with Crippen molar-refractivity contribution in [3.63, 3.8) is 0 Å². The van der Waals surface area contributed by atoms with Gasteiger partial charge in [-0.1, -0.05) is 12.1 Å². The molecule has 0 aliphatic carbocycles. The molecule has 1 aliphatic rings. The van der Waals surface area contributed by atoms with Crippen molar-refractivity contribution in [1.82, 2.24) is 15.8 Å². The average Bonchev–Trinajstić information content (AvgIpc) is 3.11. The monoisotopic (exact) mass is 351 g/mol. The van der Waals surface area contributed by atoms with Gasteiger partial charge in [0.05, 0.1) is 10.4 Å². The second kappa shape index (κ2) is 6.37. The summed E-state index contributed by atoms with van der Waals surface area (Å²) in [6, 6.07) is 12.8. The van der Waals surface area contributed by atoms with Crippen molar-refractivity contribution in [2.75, 3.05) is 0 Å². The third-order valence-electron chi connectivity index (χ3n) is 3.76. The molecule has 7 heteroatoms. The van der Waals surface area contributed by atoms with E-state index in [2.05, 4.69) is 15.8 Å². The van der Waals surface area contributed by atoms with Gasteiger partial charge >= 0.3 is 0 Å². The quantitative estimate of drug-likeness (QED) is 0.696. The maximum absolute atomic E-state index is 12.3. The number of nitrogens with one attached hydrogen (secondary N) is 2. The second-order valence-electron chi connectivity index (χ2n) is 5.40. The number of carbonyl (C=O) groups is 2. The maximum atomic E-state index is 12.3.